The second-order valence-electron chi connectivity index (χ2n) is 4.33. The van der Waals surface area contributed by atoms with Gasteiger partial charge in [0.15, 0.2) is 0 Å². The maximum atomic E-state index is 12.2. The molecule has 6 heteroatoms. The van der Waals surface area contributed by atoms with Crippen molar-refractivity contribution in [3.63, 3.8) is 0 Å². The lowest BCUT2D eigenvalue weighted by Gasteiger charge is -2.18. The monoisotopic (exact) mass is 294 g/mol. The molecule has 1 saturated heterocycles. The van der Waals surface area contributed by atoms with Crippen molar-refractivity contribution in [3.05, 3.63) is 40.4 Å². The van der Waals surface area contributed by atoms with Gasteiger partial charge in [0.05, 0.1) is 6.20 Å². The molecule has 0 saturated carbocycles. The number of rotatable bonds is 2. The van der Waals surface area contributed by atoms with E-state index in [0.29, 0.717) is 11.0 Å². The maximum absolute atomic E-state index is 12.2. The summed E-state index contributed by atoms with van der Waals surface area (Å²) >= 11 is 3.72. The van der Waals surface area contributed by atoms with Crippen LogP contribution in [0.5, 0.6) is 0 Å². The Labute approximate surface area is 119 Å². The predicted octanol–water partition coefficient (Wildman–Crippen LogP) is 3.06. The van der Waals surface area contributed by atoms with Crippen LogP contribution in [0.15, 0.2) is 34.3 Å². The van der Waals surface area contributed by atoms with Gasteiger partial charge in [0.1, 0.15) is 0 Å². The second-order valence-corrected chi connectivity index (χ2v) is 6.62. The maximum Gasteiger partial charge on any atom is 0.292 e. The molecule has 1 atom stereocenters. The molecule has 0 aliphatic carbocycles. The van der Waals surface area contributed by atoms with Gasteiger partial charge < -0.3 is 9.42 Å². The first kappa shape index (κ1) is 12.7. The van der Waals surface area contributed by atoms with E-state index in [2.05, 4.69) is 22.7 Å². The molecule has 0 bridgehead atoms. The van der Waals surface area contributed by atoms with E-state index in [-0.39, 0.29) is 5.91 Å². The first-order valence-corrected chi connectivity index (χ1v) is 8.12. The molecule has 1 aliphatic heterocycles. The third-order valence-electron chi connectivity index (χ3n) is 3.14. The van der Waals surface area contributed by atoms with Gasteiger partial charge in [0.2, 0.25) is 5.76 Å². The highest BCUT2D eigenvalue weighted by Crippen LogP contribution is 2.36. The van der Waals surface area contributed by atoms with Crippen molar-refractivity contribution in [1.82, 2.24) is 10.1 Å². The molecule has 0 radical (unpaired) electrons. The molecule has 2 aromatic heterocycles. The average Bonchev–Trinajstić information content (AvgIpc) is 3.08. The van der Waals surface area contributed by atoms with Crippen molar-refractivity contribution in [2.75, 3.05) is 18.8 Å². The Hall–Kier alpha value is -1.27. The lowest BCUT2D eigenvalue weighted by atomic mass is 10.2. The molecule has 1 aliphatic rings. The summed E-state index contributed by atoms with van der Waals surface area (Å²) < 4.78 is 4.94. The summed E-state index contributed by atoms with van der Waals surface area (Å²) in [6, 6.07) is 5.89. The number of nitrogens with zero attached hydrogens (tertiary/aromatic N) is 2. The van der Waals surface area contributed by atoms with Gasteiger partial charge in [-0.3, -0.25) is 4.79 Å². The van der Waals surface area contributed by atoms with Crippen molar-refractivity contribution in [3.8, 4) is 0 Å². The fraction of sp³-hybridized carbons (Fsp3) is 0.385. The van der Waals surface area contributed by atoms with Crippen molar-refractivity contribution >= 4 is 29.0 Å². The number of hydrogen-bond donors (Lipinski definition) is 0. The fourth-order valence-corrected chi connectivity index (χ4v) is 4.39. The largest absolute Gasteiger partial charge is 0.351 e. The highest BCUT2D eigenvalue weighted by molar-refractivity contribution is 7.99. The summed E-state index contributed by atoms with van der Waals surface area (Å²) in [4.78, 5) is 15.5. The smallest absolute Gasteiger partial charge is 0.292 e. The molecule has 0 spiro atoms. The first-order valence-electron chi connectivity index (χ1n) is 6.19. The van der Waals surface area contributed by atoms with E-state index in [1.54, 1.807) is 17.4 Å². The molecule has 1 amide bonds. The van der Waals surface area contributed by atoms with E-state index in [9.17, 15) is 4.79 Å². The highest BCUT2D eigenvalue weighted by Gasteiger charge is 2.24. The molecule has 1 fully saturated rings. The minimum Gasteiger partial charge on any atom is -0.351 e. The normalized spacial score (nSPS) is 20.2. The van der Waals surface area contributed by atoms with Gasteiger partial charge in [-0.2, -0.15) is 11.8 Å². The lowest BCUT2D eigenvalue weighted by Crippen LogP contribution is -2.32. The van der Waals surface area contributed by atoms with Gasteiger partial charge >= 0.3 is 0 Å². The van der Waals surface area contributed by atoms with Crippen molar-refractivity contribution in [2.45, 2.75) is 11.7 Å². The third kappa shape index (κ3) is 2.84. The zero-order chi connectivity index (χ0) is 13.1. The van der Waals surface area contributed by atoms with Gasteiger partial charge in [-0.25, -0.2) is 0 Å². The standard InChI is InChI=1S/C13H14N2O2S2/c16-13(10-3-5-14-17-10)15-6-4-12(19-9-7-15)11-2-1-8-18-11/h1-3,5,8,12H,4,6-7,9H2. The van der Waals surface area contributed by atoms with E-state index in [0.717, 1.165) is 25.3 Å². The van der Waals surface area contributed by atoms with Crippen LogP contribution in [0.2, 0.25) is 0 Å². The zero-order valence-corrected chi connectivity index (χ0v) is 12.0. The summed E-state index contributed by atoms with van der Waals surface area (Å²) in [7, 11) is 0. The minimum absolute atomic E-state index is 0.0510. The van der Waals surface area contributed by atoms with Gasteiger partial charge in [-0.15, -0.1) is 11.3 Å². The molecule has 3 heterocycles. The number of carbonyl (C=O) groups is 1. The van der Waals surface area contributed by atoms with Gasteiger partial charge in [-0.05, 0) is 17.9 Å². The van der Waals surface area contributed by atoms with Crippen LogP contribution in [0.3, 0.4) is 0 Å². The summed E-state index contributed by atoms with van der Waals surface area (Å²) in [6.07, 6.45) is 2.50. The third-order valence-corrected chi connectivity index (χ3v) is 5.58. The Kier molecular flexibility index (Phi) is 3.89. The van der Waals surface area contributed by atoms with Crippen LogP contribution in [-0.2, 0) is 0 Å². The van der Waals surface area contributed by atoms with Crippen LogP contribution in [-0.4, -0.2) is 34.8 Å². The fourth-order valence-electron chi connectivity index (χ4n) is 2.16. The van der Waals surface area contributed by atoms with Crippen LogP contribution in [0.4, 0.5) is 0 Å². The number of amides is 1. The number of thioether (sulfide) groups is 1. The van der Waals surface area contributed by atoms with Gasteiger partial charge in [0.25, 0.3) is 5.91 Å². The lowest BCUT2D eigenvalue weighted by molar-refractivity contribution is 0.0725. The summed E-state index contributed by atoms with van der Waals surface area (Å²) in [6.45, 7) is 1.54. The summed E-state index contributed by atoms with van der Waals surface area (Å²) in [5, 5.41) is 6.21. The molecular weight excluding hydrogens is 280 g/mol. The number of thiophene rings is 1. The molecule has 0 N–H and O–H groups in total. The van der Waals surface area contributed by atoms with E-state index >= 15 is 0 Å². The Balaban J connectivity index is 1.66. The molecule has 0 aromatic carbocycles. The van der Waals surface area contributed by atoms with E-state index in [4.69, 9.17) is 4.52 Å². The van der Waals surface area contributed by atoms with Gasteiger partial charge in [0, 0.05) is 35.0 Å². The van der Waals surface area contributed by atoms with E-state index in [1.807, 2.05) is 16.7 Å². The molecule has 100 valence electrons. The van der Waals surface area contributed by atoms with Crippen LogP contribution in [0.25, 0.3) is 0 Å². The Morgan fingerprint density at radius 3 is 3.11 bits per heavy atom. The van der Waals surface area contributed by atoms with Crippen LogP contribution in [0.1, 0.15) is 27.1 Å². The molecule has 3 rings (SSSR count). The number of aromatic nitrogens is 1. The average molecular weight is 294 g/mol. The van der Waals surface area contributed by atoms with Crippen molar-refractivity contribution < 1.29 is 9.32 Å². The second kappa shape index (κ2) is 5.79. The van der Waals surface area contributed by atoms with Crippen molar-refractivity contribution in [1.29, 1.82) is 0 Å². The van der Waals surface area contributed by atoms with Crippen LogP contribution >= 0.6 is 23.1 Å². The highest BCUT2D eigenvalue weighted by atomic mass is 32.2. The Morgan fingerprint density at radius 1 is 1.42 bits per heavy atom. The predicted molar refractivity (Wildman–Crippen MR) is 76.5 cm³/mol. The first-order chi connectivity index (χ1) is 9.34. The molecule has 19 heavy (non-hydrogen) atoms. The Bertz CT molecular complexity index is 525. The molecular formula is C13H14N2O2S2. The van der Waals surface area contributed by atoms with Crippen LogP contribution < -0.4 is 0 Å². The zero-order valence-electron chi connectivity index (χ0n) is 10.3. The summed E-state index contributed by atoms with van der Waals surface area (Å²) in [5.41, 5.74) is 0. The molecule has 2 aromatic rings. The van der Waals surface area contributed by atoms with Crippen LogP contribution in [0, 0.1) is 0 Å². The van der Waals surface area contributed by atoms with Gasteiger partial charge in [-0.1, -0.05) is 11.2 Å². The van der Waals surface area contributed by atoms with E-state index in [1.165, 1.54) is 11.1 Å². The van der Waals surface area contributed by atoms with E-state index < -0.39 is 0 Å². The summed E-state index contributed by atoms with van der Waals surface area (Å²) in [5.74, 6) is 1.24. The number of hydrogen-bond acceptors (Lipinski definition) is 5. The Morgan fingerprint density at radius 2 is 2.37 bits per heavy atom. The quantitative estimate of drug-likeness (QED) is 0.854. The van der Waals surface area contributed by atoms with Crippen molar-refractivity contribution in [2.24, 2.45) is 0 Å². The topological polar surface area (TPSA) is 46.3 Å². The molecule has 4 nitrogen and oxygen atoms in total. The molecule has 1 unspecified atom stereocenters. The number of carbonyl (C=O) groups excluding carboxylic acids is 1. The SMILES string of the molecule is O=C(c1ccno1)N1CCSC(c2cccs2)CC1. The minimum atomic E-state index is -0.0510.